The van der Waals surface area contributed by atoms with Gasteiger partial charge in [0.25, 0.3) is 10.0 Å². The lowest BCUT2D eigenvalue weighted by Crippen LogP contribution is -2.18. The molecule has 2 rings (SSSR count). The Labute approximate surface area is 111 Å². The summed E-state index contributed by atoms with van der Waals surface area (Å²) in [7, 11) is -1.89. The zero-order chi connectivity index (χ0) is 14.0. The molecule has 0 bridgehead atoms. The number of hydrogen-bond donors (Lipinski definition) is 1. The highest BCUT2D eigenvalue weighted by Gasteiger charge is 2.17. The van der Waals surface area contributed by atoms with Gasteiger partial charge in [-0.05, 0) is 31.2 Å². The Morgan fingerprint density at radius 3 is 2.47 bits per heavy atom. The second-order valence-corrected chi connectivity index (χ2v) is 6.01. The summed E-state index contributed by atoms with van der Waals surface area (Å²) >= 11 is 0. The van der Waals surface area contributed by atoms with Crippen molar-refractivity contribution in [2.45, 2.75) is 6.92 Å². The Bertz CT molecular complexity index is 675. The standard InChI is InChI=1S/C12H15N3O3S/c1-3-19(16,17)15-12(13)8-11(14-15)9-4-6-10(18-2)7-5-9/h4-8H,3,13H2,1-2H3. The maximum absolute atomic E-state index is 11.8. The number of aromatic nitrogens is 2. The molecular weight excluding hydrogens is 266 g/mol. The molecule has 2 aromatic rings. The van der Waals surface area contributed by atoms with E-state index in [-0.39, 0.29) is 11.6 Å². The monoisotopic (exact) mass is 281 g/mol. The van der Waals surface area contributed by atoms with Crippen molar-refractivity contribution in [1.82, 2.24) is 9.19 Å². The van der Waals surface area contributed by atoms with E-state index in [4.69, 9.17) is 10.5 Å². The van der Waals surface area contributed by atoms with Gasteiger partial charge in [0.05, 0.1) is 18.6 Å². The van der Waals surface area contributed by atoms with E-state index in [9.17, 15) is 8.42 Å². The zero-order valence-electron chi connectivity index (χ0n) is 10.7. The van der Waals surface area contributed by atoms with Gasteiger partial charge in [-0.2, -0.15) is 5.10 Å². The molecule has 0 amide bonds. The van der Waals surface area contributed by atoms with Crippen LogP contribution in [-0.4, -0.2) is 30.5 Å². The maximum Gasteiger partial charge on any atom is 0.255 e. The fraction of sp³-hybridized carbons (Fsp3) is 0.250. The lowest BCUT2D eigenvalue weighted by Gasteiger charge is -2.02. The first kappa shape index (κ1) is 13.4. The number of rotatable bonds is 4. The van der Waals surface area contributed by atoms with Crippen LogP contribution >= 0.6 is 0 Å². The Morgan fingerprint density at radius 2 is 1.95 bits per heavy atom. The number of hydrogen-bond acceptors (Lipinski definition) is 5. The fourth-order valence-electron chi connectivity index (χ4n) is 1.63. The summed E-state index contributed by atoms with van der Waals surface area (Å²) in [5.41, 5.74) is 6.98. The maximum atomic E-state index is 11.8. The molecule has 0 spiro atoms. The predicted octanol–water partition coefficient (Wildman–Crippen LogP) is 1.34. The van der Waals surface area contributed by atoms with Crippen LogP contribution in [0.15, 0.2) is 30.3 Å². The summed E-state index contributed by atoms with van der Waals surface area (Å²) in [5.74, 6) is 0.769. The van der Waals surface area contributed by atoms with Gasteiger partial charge >= 0.3 is 0 Å². The molecule has 7 heteroatoms. The number of nitrogens with two attached hydrogens (primary N) is 1. The van der Waals surface area contributed by atoms with E-state index in [0.29, 0.717) is 5.69 Å². The van der Waals surface area contributed by atoms with E-state index in [1.165, 1.54) is 6.07 Å². The Balaban J connectivity index is 2.44. The Hall–Kier alpha value is -2.02. The molecule has 0 atom stereocenters. The molecular formula is C12H15N3O3S. The SMILES string of the molecule is CCS(=O)(=O)n1nc(-c2ccc(OC)cc2)cc1N. The number of methoxy groups -OCH3 is 1. The highest BCUT2D eigenvalue weighted by atomic mass is 32.2. The van der Waals surface area contributed by atoms with E-state index in [0.717, 1.165) is 15.4 Å². The molecule has 2 N–H and O–H groups in total. The van der Waals surface area contributed by atoms with Crippen LogP contribution in [0.5, 0.6) is 5.75 Å². The number of nitrogens with zero attached hydrogens (tertiary/aromatic N) is 2. The second-order valence-electron chi connectivity index (χ2n) is 3.93. The molecule has 1 aromatic heterocycles. The van der Waals surface area contributed by atoms with Crippen LogP contribution in [0.4, 0.5) is 5.82 Å². The second kappa shape index (κ2) is 4.93. The van der Waals surface area contributed by atoms with Gasteiger partial charge in [0, 0.05) is 11.6 Å². The number of anilines is 1. The third kappa shape index (κ3) is 2.55. The first-order valence-corrected chi connectivity index (χ1v) is 7.32. The molecule has 1 heterocycles. The molecule has 0 aliphatic rings. The Morgan fingerprint density at radius 1 is 1.32 bits per heavy atom. The number of nitrogen functional groups attached to an aromatic ring is 1. The Kier molecular flexibility index (Phi) is 3.48. The average Bonchev–Trinajstić information content (AvgIpc) is 2.82. The van der Waals surface area contributed by atoms with Crippen LogP contribution in [0.1, 0.15) is 6.92 Å². The molecule has 102 valence electrons. The van der Waals surface area contributed by atoms with Gasteiger partial charge in [-0.15, -0.1) is 4.09 Å². The van der Waals surface area contributed by atoms with Gasteiger partial charge in [-0.25, -0.2) is 8.42 Å². The predicted molar refractivity (Wildman–Crippen MR) is 73.5 cm³/mol. The van der Waals surface area contributed by atoms with Crippen molar-refractivity contribution in [3.63, 3.8) is 0 Å². The van der Waals surface area contributed by atoms with Gasteiger partial charge in [-0.3, -0.25) is 0 Å². The van der Waals surface area contributed by atoms with Crippen LogP contribution in [0.3, 0.4) is 0 Å². The largest absolute Gasteiger partial charge is 0.497 e. The van der Waals surface area contributed by atoms with E-state index in [1.807, 2.05) is 0 Å². The molecule has 1 aromatic carbocycles. The van der Waals surface area contributed by atoms with E-state index in [1.54, 1.807) is 38.3 Å². The van der Waals surface area contributed by atoms with Crippen molar-refractivity contribution in [3.8, 4) is 17.0 Å². The van der Waals surface area contributed by atoms with Crippen LogP contribution < -0.4 is 10.5 Å². The minimum atomic E-state index is -3.47. The summed E-state index contributed by atoms with van der Waals surface area (Å²) < 4.78 is 29.5. The highest BCUT2D eigenvalue weighted by molar-refractivity contribution is 7.89. The average molecular weight is 281 g/mol. The topological polar surface area (TPSA) is 87.2 Å². The van der Waals surface area contributed by atoms with Crippen LogP contribution in [-0.2, 0) is 10.0 Å². The minimum Gasteiger partial charge on any atom is -0.497 e. The number of ether oxygens (including phenoxy) is 1. The lowest BCUT2D eigenvalue weighted by atomic mass is 10.1. The highest BCUT2D eigenvalue weighted by Crippen LogP contribution is 2.23. The molecule has 0 radical (unpaired) electrons. The quantitative estimate of drug-likeness (QED) is 0.913. The van der Waals surface area contributed by atoms with Crippen molar-refractivity contribution < 1.29 is 13.2 Å². The molecule has 0 aliphatic heterocycles. The smallest absolute Gasteiger partial charge is 0.255 e. The summed E-state index contributed by atoms with van der Waals surface area (Å²) in [6.07, 6.45) is 0. The van der Waals surface area contributed by atoms with Gasteiger partial charge in [-0.1, -0.05) is 0 Å². The minimum absolute atomic E-state index is 0.0546. The molecule has 0 saturated heterocycles. The van der Waals surface area contributed by atoms with Gasteiger partial charge in [0.1, 0.15) is 11.6 Å². The summed E-state index contributed by atoms with van der Waals surface area (Å²) in [5, 5.41) is 4.04. The van der Waals surface area contributed by atoms with Crippen LogP contribution in [0, 0.1) is 0 Å². The van der Waals surface area contributed by atoms with E-state index < -0.39 is 10.0 Å². The third-order valence-electron chi connectivity index (χ3n) is 2.72. The molecule has 6 nitrogen and oxygen atoms in total. The van der Waals surface area contributed by atoms with Crippen molar-refractivity contribution in [2.24, 2.45) is 0 Å². The zero-order valence-corrected chi connectivity index (χ0v) is 11.5. The summed E-state index contributed by atoms with van der Waals surface area (Å²) in [4.78, 5) is 0. The van der Waals surface area contributed by atoms with Gasteiger partial charge in [0.2, 0.25) is 0 Å². The number of benzene rings is 1. The van der Waals surface area contributed by atoms with E-state index >= 15 is 0 Å². The van der Waals surface area contributed by atoms with Crippen LogP contribution in [0.2, 0.25) is 0 Å². The van der Waals surface area contributed by atoms with Gasteiger partial charge < -0.3 is 10.5 Å². The molecule has 0 unspecified atom stereocenters. The first-order chi connectivity index (χ1) is 8.97. The fourth-order valence-corrected chi connectivity index (χ4v) is 2.46. The first-order valence-electron chi connectivity index (χ1n) is 5.71. The van der Waals surface area contributed by atoms with Crippen molar-refractivity contribution in [3.05, 3.63) is 30.3 Å². The molecule has 0 fully saturated rings. The normalized spacial score (nSPS) is 11.5. The van der Waals surface area contributed by atoms with Gasteiger partial charge in [0.15, 0.2) is 0 Å². The molecule has 0 saturated carbocycles. The van der Waals surface area contributed by atoms with Crippen LogP contribution in [0.25, 0.3) is 11.3 Å². The summed E-state index contributed by atoms with van der Waals surface area (Å²) in [6.45, 7) is 1.55. The summed E-state index contributed by atoms with van der Waals surface area (Å²) in [6, 6.07) is 8.68. The van der Waals surface area contributed by atoms with Crippen molar-refractivity contribution in [1.29, 1.82) is 0 Å². The van der Waals surface area contributed by atoms with Crippen molar-refractivity contribution >= 4 is 15.8 Å². The van der Waals surface area contributed by atoms with E-state index in [2.05, 4.69) is 5.10 Å². The lowest BCUT2D eigenvalue weighted by molar-refractivity contribution is 0.415. The molecule has 0 aliphatic carbocycles. The third-order valence-corrected chi connectivity index (χ3v) is 4.27. The molecule has 19 heavy (non-hydrogen) atoms. The van der Waals surface area contributed by atoms with Crippen molar-refractivity contribution in [2.75, 3.05) is 18.6 Å².